The molecular weight excluding hydrogens is 186 g/mol. The lowest BCUT2D eigenvalue weighted by atomic mass is 10.3. The number of aromatic nitrogens is 1. The summed E-state index contributed by atoms with van der Waals surface area (Å²) in [7, 11) is 1.98. The number of nitrogens with zero attached hydrogens (tertiary/aromatic N) is 2. The first-order valence-electron chi connectivity index (χ1n) is 5.69. The van der Waals surface area contributed by atoms with Gasteiger partial charge in [-0.05, 0) is 19.4 Å². The van der Waals surface area contributed by atoms with Crippen molar-refractivity contribution in [3.63, 3.8) is 0 Å². The summed E-state index contributed by atoms with van der Waals surface area (Å²) < 4.78 is 1.96. The van der Waals surface area contributed by atoms with Crippen LogP contribution in [0, 0.1) is 0 Å². The van der Waals surface area contributed by atoms with Crippen molar-refractivity contribution in [3.8, 4) is 0 Å². The highest BCUT2D eigenvalue weighted by Gasteiger charge is 2.07. The molecule has 1 aromatic rings. The molecular formula is C12H22N3+. The number of pyridine rings is 1. The normalized spacial score (nSPS) is 10.3. The lowest BCUT2D eigenvalue weighted by Crippen LogP contribution is -2.34. The van der Waals surface area contributed by atoms with Gasteiger partial charge in [0.15, 0.2) is 0 Å². The highest BCUT2D eigenvalue weighted by molar-refractivity contribution is 5.44. The minimum Gasteiger partial charge on any atom is -0.369 e. The molecule has 0 saturated carbocycles. The van der Waals surface area contributed by atoms with Gasteiger partial charge in [0.2, 0.25) is 0 Å². The standard InChI is InChI=1S/C12H21N3/c1-4-6-9-15(5-2)11-7-8-12(13)14(3)10-11/h7-8,10,13H,4-6,9H2,1-3H3/p+1. The van der Waals surface area contributed by atoms with E-state index in [1.54, 1.807) is 0 Å². The van der Waals surface area contributed by atoms with Gasteiger partial charge in [0.05, 0.1) is 12.7 Å². The van der Waals surface area contributed by atoms with Gasteiger partial charge < -0.3 is 4.90 Å². The van der Waals surface area contributed by atoms with Gasteiger partial charge in [-0.25, -0.2) is 4.57 Å². The van der Waals surface area contributed by atoms with Crippen molar-refractivity contribution in [3.05, 3.63) is 18.3 Å². The van der Waals surface area contributed by atoms with Crippen LogP contribution in [-0.4, -0.2) is 13.1 Å². The summed E-state index contributed by atoms with van der Waals surface area (Å²) in [5, 5.41) is 0. The van der Waals surface area contributed by atoms with Crippen molar-refractivity contribution in [1.82, 2.24) is 0 Å². The van der Waals surface area contributed by atoms with E-state index in [1.807, 2.05) is 17.7 Å². The van der Waals surface area contributed by atoms with Crippen molar-refractivity contribution in [2.75, 3.05) is 23.7 Å². The summed E-state index contributed by atoms with van der Waals surface area (Å²) >= 11 is 0. The van der Waals surface area contributed by atoms with Crippen LogP contribution in [0.2, 0.25) is 0 Å². The van der Waals surface area contributed by atoms with Gasteiger partial charge in [0.1, 0.15) is 6.20 Å². The van der Waals surface area contributed by atoms with Gasteiger partial charge in [0, 0.05) is 19.2 Å². The quantitative estimate of drug-likeness (QED) is 0.747. The summed E-state index contributed by atoms with van der Waals surface area (Å²) in [5.74, 6) is 0.797. The van der Waals surface area contributed by atoms with Gasteiger partial charge in [-0.3, -0.25) is 5.73 Å². The van der Waals surface area contributed by atoms with Crippen LogP contribution in [0.1, 0.15) is 26.7 Å². The maximum atomic E-state index is 5.77. The average Bonchev–Trinajstić information content (AvgIpc) is 2.24. The first-order chi connectivity index (χ1) is 7.19. The van der Waals surface area contributed by atoms with E-state index in [2.05, 4.69) is 31.0 Å². The number of aryl methyl sites for hydroxylation is 1. The lowest BCUT2D eigenvalue weighted by molar-refractivity contribution is -0.656. The summed E-state index contributed by atoms with van der Waals surface area (Å²) in [6.45, 7) is 6.57. The van der Waals surface area contributed by atoms with Gasteiger partial charge in [-0.2, -0.15) is 0 Å². The third-order valence-corrected chi connectivity index (χ3v) is 2.69. The summed E-state index contributed by atoms with van der Waals surface area (Å²) in [6, 6.07) is 4.05. The van der Waals surface area contributed by atoms with Crippen LogP contribution in [0.4, 0.5) is 11.5 Å². The number of hydrogen-bond donors (Lipinski definition) is 1. The van der Waals surface area contributed by atoms with Crippen LogP contribution in [-0.2, 0) is 7.05 Å². The molecule has 0 fully saturated rings. The molecule has 1 rings (SSSR count). The van der Waals surface area contributed by atoms with E-state index < -0.39 is 0 Å². The van der Waals surface area contributed by atoms with Gasteiger partial charge in [-0.15, -0.1) is 0 Å². The SMILES string of the molecule is CCCCN(CC)c1ccc(N)[n+](C)c1. The van der Waals surface area contributed by atoms with E-state index in [1.165, 1.54) is 18.5 Å². The Hall–Kier alpha value is -1.25. The van der Waals surface area contributed by atoms with Gasteiger partial charge in [-0.1, -0.05) is 13.3 Å². The first kappa shape index (κ1) is 11.8. The Morgan fingerprint density at radius 2 is 2.07 bits per heavy atom. The Bertz CT molecular complexity index is 310. The van der Waals surface area contributed by atoms with Crippen LogP contribution in [0.3, 0.4) is 0 Å². The molecule has 0 aliphatic rings. The van der Waals surface area contributed by atoms with Gasteiger partial charge in [0.25, 0.3) is 5.82 Å². The number of nitrogens with two attached hydrogens (primary N) is 1. The highest BCUT2D eigenvalue weighted by atomic mass is 15.1. The fourth-order valence-corrected chi connectivity index (χ4v) is 1.61. The van der Waals surface area contributed by atoms with Gasteiger partial charge >= 0.3 is 0 Å². The number of nitrogen functional groups attached to an aromatic ring is 1. The molecule has 0 amide bonds. The Labute approximate surface area is 92.5 Å². The Balaban J connectivity index is 2.78. The number of hydrogen-bond acceptors (Lipinski definition) is 2. The third-order valence-electron chi connectivity index (χ3n) is 2.69. The molecule has 15 heavy (non-hydrogen) atoms. The second kappa shape index (κ2) is 5.59. The summed E-state index contributed by atoms with van der Waals surface area (Å²) in [4.78, 5) is 2.38. The van der Waals surface area contributed by atoms with E-state index in [0.29, 0.717) is 0 Å². The molecule has 0 radical (unpaired) electrons. The molecule has 0 unspecified atom stereocenters. The smallest absolute Gasteiger partial charge is 0.272 e. The topological polar surface area (TPSA) is 33.1 Å². The predicted octanol–water partition coefficient (Wildman–Crippen LogP) is 1.72. The molecule has 0 aromatic carbocycles. The second-order valence-electron chi connectivity index (χ2n) is 3.86. The van der Waals surface area contributed by atoms with Crippen LogP contribution in [0.25, 0.3) is 0 Å². The Kier molecular flexibility index (Phi) is 4.40. The van der Waals surface area contributed by atoms with Crippen molar-refractivity contribution in [1.29, 1.82) is 0 Å². The van der Waals surface area contributed by atoms with Crippen LogP contribution in [0.5, 0.6) is 0 Å². The fraction of sp³-hybridized carbons (Fsp3) is 0.583. The second-order valence-corrected chi connectivity index (χ2v) is 3.86. The van der Waals surface area contributed by atoms with E-state index in [9.17, 15) is 0 Å². The fourth-order valence-electron chi connectivity index (χ4n) is 1.61. The van der Waals surface area contributed by atoms with Crippen molar-refractivity contribution in [2.45, 2.75) is 26.7 Å². The van der Waals surface area contributed by atoms with E-state index in [4.69, 9.17) is 5.73 Å². The molecule has 3 nitrogen and oxygen atoms in total. The minimum atomic E-state index is 0.797. The van der Waals surface area contributed by atoms with Crippen molar-refractivity contribution >= 4 is 11.5 Å². The van der Waals surface area contributed by atoms with Crippen LogP contribution in [0.15, 0.2) is 18.3 Å². The minimum absolute atomic E-state index is 0.797. The van der Waals surface area contributed by atoms with E-state index in [0.717, 1.165) is 18.9 Å². The molecule has 0 aliphatic heterocycles. The largest absolute Gasteiger partial charge is 0.369 e. The molecule has 0 atom stereocenters. The molecule has 0 saturated heterocycles. The van der Waals surface area contributed by atoms with Crippen LogP contribution < -0.4 is 15.2 Å². The average molecular weight is 208 g/mol. The maximum absolute atomic E-state index is 5.77. The zero-order valence-electron chi connectivity index (χ0n) is 10.0. The number of anilines is 2. The molecule has 84 valence electrons. The van der Waals surface area contributed by atoms with Crippen molar-refractivity contribution < 1.29 is 4.57 Å². The molecule has 3 heteroatoms. The monoisotopic (exact) mass is 208 g/mol. The van der Waals surface area contributed by atoms with E-state index >= 15 is 0 Å². The lowest BCUT2D eigenvalue weighted by Gasteiger charge is -2.22. The molecule has 0 aliphatic carbocycles. The summed E-state index contributed by atoms with van der Waals surface area (Å²) in [6.07, 6.45) is 4.56. The zero-order chi connectivity index (χ0) is 11.3. The molecule has 0 spiro atoms. The Morgan fingerprint density at radius 3 is 2.60 bits per heavy atom. The molecule has 2 N–H and O–H groups in total. The highest BCUT2D eigenvalue weighted by Crippen LogP contribution is 2.13. The zero-order valence-corrected chi connectivity index (χ0v) is 10.0. The number of rotatable bonds is 5. The third kappa shape index (κ3) is 3.11. The molecule has 0 bridgehead atoms. The van der Waals surface area contributed by atoms with Crippen LogP contribution >= 0.6 is 0 Å². The molecule has 1 heterocycles. The maximum Gasteiger partial charge on any atom is 0.272 e. The molecule has 1 aromatic heterocycles. The van der Waals surface area contributed by atoms with Crippen molar-refractivity contribution in [2.24, 2.45) is 7.05 Å². The number of unbranched alkanes of at least 4 members (excludes halogenated alkanes) is 1. The Morgan fingerprint density at radius 1 is 1.33 bits per heavy atom. The summed E-state index contributed by atoms with van der Waals surface area (Å²) in [5.41, 5.74) is 7.03. The van der Waals surface area contributed by atoms with E-state index in [-0.39, 0.29) is 0 Å². The predicted molar refractivity (Wildman–Crippen MR) is 64.8 cm³/mol. The first-order valence-corrected chi connectivity index (χ1v) is 5.69.